The molecule has 27 heavy (non-hydrogen) atoms. The summed E-state index contributed by atoms with van der Waals surface area (Å²) in [4.78, 5) is 8.05. The van der Waals surface area contributed by atoms with Crippen molar-refractivity contribution in [3.05, 3.63) is 28.3 Å². The molecular formula is C21H26N4OS. The fourth-order valence-corrected chi connectivity index (χ4v) is 4.24. The number of nitriles is 1. The third-order valence-electron chi connectivity index (χ3n) is 4.86. The number of hydrogen-bond acceptors (Lipinski definition) is 6. The molecule has 1 aromatic rings. The number of nitrogens with zero attached hydrogens (tertiary/aromatic N) is 3. The van der Waals surface area contributed by atoms with E-state index in [1.165, 1.54) is 0 Å². The second-order valence-corrected chi connectivity index (χ2v) is 8.82. The largest absolute Gasteiger partial charge is 0.378 e. The summed E-state index contributed by atoms with van der Waals surface area (Å²) in [6.07, 6.45) is 6.57. The highest BCUT2D eigenvalue weighted by atomic mass is 32.1. The molecule has 0 bridgehead atoms. The molecule has 2 heterocycles. The Bertz CT molecular complexity index is 865. The molecule has 1 aromatic heterocycles. The van der Waals surface area contributed by atoms with Gasteiger partial charge in [-0.05, 0) is 50.7 Å². The maximum absolute atomic E-state index is 10.00. The Morgan fingerprint density at radius 1 is 1.33 bits per heavy atom. The maximum Gasteiger partial charge on any atom is 0.187 e. The van der Waals surface area contributed by atoms with Gasteiger partial charge in [0.25, 0.3) is 0 Å². The van der Waals surface area contributed by atoms with Crippen molar-refractivity contribution in [1.29, 1.82) is 5.26 Å². The van der Waals surface area contributed by atoms with E-state index in [4.69, 9.17) is 10.7 Å². The number of rotatable bonds is 2. The molecule has 142 valence electrons. The van der Waals surface area contributed by atoms with Crippen molar-refractivity contribution in [2.24, 2.45) is 11.7 Å². The summed E-state index contributed by atoms with van der Waals surface area (Å²) < 4.78 is 0. The van der Waals surface area contributed by atoms with Gasteiger partial charge in [0.15, 0.2) is 5.13 Å². The van der Waals surface area contributed by atoms with Crippen molar-refractivity contribution in [2.45, 2.75) is 51.7 Å². The zero-order chi connectivity index (χ0) is 19.6. The van der Waals surface area contributed by atoms with Gasteiger partial charge in [-0.1, -0.05) is 36.2 Å². The van der Waals surface area contributed by atoms with Crippen LogP contribution in [-0.2, 0) is 0 Å². The van der Waals surface area contributed by atoms with Crippen molar-refractivity contribution in [1.82, 2.24) is 4.98 Å². The number of allylic oxidation sites excluding steroid dienone is 4. The summed E-state index contributed by atoms with van der Waals surface area (Å²) in [7, 11) is 0. The third kappa shape index (κ3) is 4.78. The first kappa shape index (κ1) is 19.6. The van der Waals surface area contributed by atoms with Crippen molar-refractivity contribution in [3.8, 4) is 17.9 Å². The van der Waals surface area contributed by atoms with Gasteiger partial charge in [0.1, 0.15) is 10.5 Å². The quantitative estimate of drug-likeness (QED) is 0.768. The molecule has 2 aliphatic rings. The lowest BCUT2D eigenvalue weighted by Gasteiger charge is -2.29. The number of piperidine rings is 1. The van der Waals surface area contributed by atoms with Gasteiger partial charge in [-0.3, -0.25) is 0 Å². The number of nitrogens with two attached hydrogens (primary N) is 1. The van der Waals surface area contributed by atoms with E-state index in [0.717, 1.165) is 59.2 Å². The molecule has 0 spiro atoms. The molecule has 1 unspecified atom stereocenters. The average Bonchev–Trinajstić information content (AvgIpc) is 3.04. The molecule has 1 fully saturated rings. The molecule has 0 aromatic carbocycles. The first-order valence-corrected chi connectivity index (χ1v) is 10.2. The van der Waals surface area contributed by atoms with Gasteiger partial charge < -0.3 is 15.7 Å². The molecule has 1 atom stereocenters. The van der Waals surface area contributed by atoms with E-state index in [-0.39, 0.29) is 12.0 Å². The van der Waals surface area contributed by atoms with Crippen molar-refractivity contribution >= 4 is 22.0 Å². The van der Waals surface area contributed by atoms with E-state index in [2.05, 4.69) is 29.7 Å². The number of thiazole rings is 1. The summed E-state index contributed by atoms with van der Waals surface area (Å²) in [5.41, 5.74) is 7.74. The molecule has 1 aliphatic carbocycles. The van der Waals surface area contributed by atoms with Gasteiger partial charge in [0.05, 0.1) is 11.8 Å². The van der Waals surface area contributed by atoms with E-state index < -0.39 is 5.60 Å². The van der Waals surface area contributed by atoms with Gasteiger partial charge in [-0.15, -0.1) is 0 Å². The van der Waals surface area contributed by atoms with E-state index in [9.17, 15) is 10.4 Å². The van der Waals surface area contributed by atoms with Crippen LogP contribution < -0.4 is 10.6 Å². The van der Waals surface area contributed by atoms with Gasteiger partial charge in [0, 0.05) is 24.7 Å². The third-order valence-corrected chi connectivity index (χ3v) is 5.89. The Balaban J connectivity index is 1.98. The highest BCUT2D eigenvalue weighted by Crippen LogP contribution is 2.37. The van der Waals surface area contributed by atoms with Gasteiger partial charge in [-0.2, -0.15) is 5.26 Å². The topological polar surface area (TPSA) is 86.2 Å². The van der Waals surface area contributed by atoms with Gasteiger partial charge in [0.2, 0.25) is 0 Å². The van der Waals surface area contributed by atoms with E-state index in [0.29, 0.717) is 0 Å². The van der Waals surface area contributed by atoms with E-state index in [1.54, 1.807) is 25.2 Å². The minimum Gasteiger partial charge on any atom is -0.378 e. The lowest BCUT2D eigenvalue weighted by Crippen LogP contribution is -2.39. The molecule has 0 saturated carbocycles. The average molecular weight is 383 g/mol. The molecule has 6 heteroatoms. The van der Waals surface area contributed by atoms with E-state index in [1.807, 2.05) is 12.2 Å². The van der Waals surface area contributed by atoms with Gasteiger partial charge in [-0.25, -0.2) is 4.98 Å². The van der Waals surface area contributed by atoms with Crippen LogP contribution in [0.2, 0.25) is 0 Å². The molecule has 1 aliphatic heterocycles. The Hall–Kier alpha value is -2.12. The predicted molar refractivity (Wildman–Crippen MR) is 110 cm³/mol. The molecule has 0 amide bonds. The Kier molecular flexibility index (Phi) is 5.72. The van der Waals surface area contributed by atoms with Crippen LogP contribution in [0.1, 0.15) is 50.6 Å². The Labute approximate surface area is 165 Å². The highest BCUT2D eigenvalue weighted by Gasteiger charge is 2.24. The van der Waals surface area contributed by atoms with Gasteiger partial charge >= 0.3 is 0 Å². The van der Waals surface area contributed by atoms with Crippen molar-refractivity contribution < 1.29 is 5.11 Å². The summed E-state index contributed by atoms with van der Waals surface area (Å²) in [5, 5.41) is 20.2. The zero-order valence-electron chi connectivity index (χ0n) is 16.1. The van der Waals surface area contributed by atoms with Crippen molar-refractivity contribution in [3.63, 3.8) is 0 Å². The van der Waals surface area contributed by atoms with E-state index >= 15 is 0 Å². The number of aromatic nitrogens is 1. The van der Waals surface area contributed by atoms with Crippen LogP contribution >= 0.6 is 11.3 Å². The lowest BCUT2D eigenvalue weighted by molar-refractivity contribution is 0.143. The smallest absolute Gasteiger partial charge is 0.187 e. The van der Waals surface area contributed by atoms with Crippen LogP contribution in [0.25, 0.3) is 5.57 Å². The molecule has 3 N–H and O–H groups in total. The van der Waals surface area contributed by atoms with Crippen LogP contribution in [0.3, 0.4) is 0 Å². The first-order valence-electron chi connectivity index (χ1n) is 9.35. The predicted octanol–water partition coefficient (Wildman–Crippen LogP) is 3.07. The normalized spacial score (nSPS) is 21.0. The number of anilines is 1. The second-order valence-electron chi connectivity index (χ2n) is 7.84. The Morgan fingerprint density at radius 3 is 2.63 bits per heavy atom. The van der Waals surface area contributed by atoms with Crippen LogP contribution in [0.15, 0.2) is 17.7 Å². The summed E-state index contributed by atoms with van der Waals surface area (Å²) in [5.74, 6) is 6.22. The molecule has 5 nitrogen and oxygen atoms in total. The monoisotopic (exact) mass is 382 g/mol. The fraction of sp³-hybridized carbons (Fsp3) is 0.524. The molecule has 0 radical (unpaired) electrons. The first-order chi connectivity index (χ1) is 12.8. The second kappa shape index (κ2) is 7.86. The lowest BCUT2D eigenvalue weighted by atomic mass is 9.87. The van der Waals surface area contributed by atoms with Crippen LogP contribution in [0.4, 0.5) is 5.13 Å². The summed E-state index contributed by atoms with van der Waals surface area (Å²) >= 11 is 1.57. The maximum atomic E-state index is 10.00. The molecule has 1 saturated heterocycles. The number of aliphatic hydroxyl groups is 1. The standard InChI is InChI=1S/C21H26N4OS/c1-14-12-15(4-5-16(14)13-22)19-18(6-9-21(2,3)26)27-20(24-19)25-10-7-17(23)8-11-25/h4-5,14,17,26H,7-8,10-12,23H2,1-3H3. The van der Waals surface area contributed by atoms with Crippen LogP contribution in [-0.4, -0.2) is 34.8 Å². The summed E-state index contributed by atoms with van der Waals surface area (Å²) in [6.45, 7) is 7.22. The van der Waals surface area contributed by atoms with Crippen molar-refractivity contribution in [2.75, 3.05) is 18.0 Å². The minimum absolute atomic E-state index is 0.170. The highest BCUT2D eigenvalue weighted by molar-refractivity contribution is 7.16. The van der Waals surface area contributed by atoms with Crippen LogP contribution in [0, 0.1) is 29.1 Å². The number of hydrogen-bond donors (Lipinski definition) is 2. The minimum atomic E-state index is -1.05. The SMILES string of the molecule is CC1CC(c2nc(N3CCC(N)CC3)sc2C#CC(C)(C)O)=CC=C1C#N. The zero-order valence-corrected chi connectivity index (χ0v) is 16.9. The molecular weight excluding hydrogens is 356 g/mol. The Morgan fingerprint density at radius 2 is 2.04 bits per heavy atom. The summed E-state index contributed by atoms with van der Waals surface area (Å²) in [6, 6.07) is 2.53. The fourth-order valence-electron chi connectivity index (χ4n) is 3.23. The van der Waals surface area contributed by atoms with Crippen LogP contribution in [0.5, 0.6) is 0 Å². The molecule has 3 rings (SSSR count).